The van der Waals surface area contributed by atoms with Gasteiger partial charge < -0.3 is 10.2 Å². The van der Waals surface area contributed by atoms with Crippen molar-refractivity contribution in [3.63, 3.8) is 0 Å². The van der Waals surface area contributed by atoms with Crippen LogP contribution in [-0.4, -0.2) is 37.6 Å². The van der Waals surface area contributed by atoms with Gasteiger partial charge in [0.1, 0.15) is 0 Å². The predicted octanol–water partition coefficient (Wildman–Crippen LogP) is 7.06. The molecule has 0 spiro atoms. The number of hydrogen-bond acceptors (Lipinski definition) is 2. The van der Waals surface area contributed by atoms with Gasteiger partial charge in [-0.15, -0.1) is 0 Å². The Labute approximate surface area is 177 Å². The summed E-state index contributed by atoms with van der Waals surface area (Å²) in [5.41, 5.74) is 1.32. The van der Waals surface area contributed by atoms with E-state index in [0.29, 0.717) is 0 Å². The summed E-state index contributed by atoms with van der Waals surface area (Å²) in [4.78, 5) is 2.47. The van der Waals surface area contributed by atoms with Gasteiger partial charge in [0.15, 0.2) is 0 Å². The normalized spacial score (nSPS) is 14.0. The minimum atomic E-state index is 0.755. The SMILES string of the molecule is CC.CC.CC.CCN1CCC(NC)C1.Cc1ccccc1.c1ccccc1. The first-order chi connectivity index (χ1) is 13.8. The molecular formula is C26H48N2. The van der Waals surface area contributed by atoms with Gasteiger partial charge >= 0.3 is 0 Å². The topological polar surface area (TPSA) is 15.3 Å². The molecule has 28 heavy (non-hydrogen) atoms. The summed E-state index contributed by atoms with van der Waals surface area (Å²) < 4.78 is 0. The molecule has 1 unspecified atom stereocenters. The minimum absolute atomic E-state index is 0.755. The number of nitrogens with zero attached hydrogens (tertiary/aromatic N) is 1. The van der Waals surface area contributed by atoms with Gasteiger partial charge in [-0.2, -0.15) is 0 Å². The standard InChI is InChI=1S/C7H16N2.C7H8.C6H6.3C2H6/c1-3-9-5-4-7(6-9)8-2;1-7-5-3-2-4-6-7;1-2-4-6-5-3-1;3*1-2/h7-8H,3-6H2,1-2H3;2-6H,1H3;1-6H;3*1-2H3. The van der Waals surface area contributed by atoms with Crippen LogP contribution in [0.2, 0.25) is 0 Å². The van der Waals surface area contributed by atoms with E-state index < -0.39 is 0 Å². The van der Waals surface area contributed by atoms with E-state index in [4.69, 9.17) is 0 Å². The van der Waals surface area contributed by atoms with Crippen LogP contribution in [-0.2, 0) is 0 Å². The van der Waals surface area contributed by atoms with Crippen LogP contribution in [0.5, 0.6) is 0 Å². The molecule has 3 rings (SSSR count). The first kappa shape index (κ1) is 31.1. The molecule has 1 heterocycles. The maximum Gasteiger partial charge on any atom is 0.0204 e. The van der Waals surface area contributed by atoms with Gasteiger partial charge in [-0.05, 0) is 33.5 Å². The van der Waals surface area contributed by atoms with Crippen molar-refractivity contribution in [2.24, 2.45) is 0 Å². The first-order valence-corrected chi connectivity index (χ1v) is 11.2. The highest BCUT2D eigenvalue weighted by atomic mass is 15.2. The molecule has 0 aliphatic carbocycles. The molecule has 2 nitrogen and oxygen atoms in total. The summed E-state index contributed by atoms with van der Waals surface area (Å²) >= 11 is 0. The van der Waals surface area contributed by atoms with Crippen LogP contribution in [0.1, 0.15) is 60.5 Å². The summed E-state index contributed by atoms with van der Waals surface area (Å²) in [7, 11) is 2.05. The lowest BCUT2D eigenvalue weighted by molar-refractivity contribution is 0.348. The van der Waals surface area contributed by atoms with Crippen LogP contribution in [0, 0.1) is 6.92 Å². The number of benzene rings is 2. The minimum Gasteiger partial charge on any atom is -0.316 e. The summed E-state index contributed by atoms with van der Waals surface area (Å²) in [6, 6.07) is 23.0. The fourth-order valence-electron chi connectivity index (χ4n) is 2.27. The highest BCUT2D eigenvalue weighted by molar-refractivity contribution is 5.11. The van der Waals surface area contributed by atoms with Crippen molar-refractivity contribution >= 4 is 0 Å². The maximum absolute atomic E-state index is 3.29. The van der Waals surface area contributed by atoms with E-state index in [1.165, 1.54) is 31.6 Å². The molecule has 1 aliphatic rings. The Kier molecular flexibility index (Phi) is 30.6. The van der Waals surface area contributed by atoms with Crippen LogP contribution in [0.4, 0.5) is 0 Å². The second-order valence-corrected chi connectivity index (χ2v) is 5.48. The van der Waals surface area contributed by atoms with Crippen LogP contribution in [0.25, 0.3) is 0 Å². The Morgan fingerprint density at radius 3 is 1.39 bits per heavy atom. The Morgan fingerprint density at radius 1 is 0.786 bits per heavy atom. The molecule has 2 aromatic carbocycles. The molecule has 0 aromatic heterocycles. The highest BCUT2D eigenvalue weighted by Gasteiger charge is 2.18. The van der Waals surface area contributed by atoms with E-state index in [9.17, 15) is 0 Å². The molecule has 1 fully saturated rings. The maximum atomic E-state index is 3.29. The zero-order valence-corrected chi connectivity index (χ0v) is 20.2. The average Bonchev–Trinajstić information content (AvgIpc) is 3.29. The lowest BCUT2D eigenvalue weighted by Gasteiger charge is -2.11. The summed E-state index contributed by atoms with van der Waals surface area (Å²) in [5, 5.41) is 3.29. The van der Waals surface area contributed by atoms with Crippen molar-refractivity contribution < 1.29 is 0 Å². The molecule has 1 atom stereocenters. The molecule has 0 radical (unpaired) electrons. The molecule has 0 saturated carbocycles. The number of likely N-dealkylation sites (N-methyl/N-ethyl adjacent to an activating group) is 2. The number of hydrogen-bond donors (Lipinski definition) is 1. The molecule has 1 aliphatic heterocycles. The van der Waals surface area contributed by atoms with Crippen LogP contribution in [0.15, 0.2) is 66.7 Å². The van der Waals surface area contributed by atoms with Gasteiger partial charge in [0.25, 0.3) is 0 Å². The Balaban J connectivity index is -0.000000299. The molecule has 1 saturated heterocycles. The Morgan fingerprint density at radius 2 is 1.18 bits per heavy atom. The monoisotopic (exact) mass is 388 g/mol. The third kappa shape index (κ3) is 20.7. The third-order valence-electron chi connectivity index (χ3n) is 3.73. The predicted molar refractivity (Wildman–Crippen MR) is 131 cm³/mol. The van der Waals surface area contributed by atoms with Gasteiger partial charge in [-0.25, -0.2) is 0 Å². The highest BCUT2D eigenvalue weighted by Crippen LogP contribution is 2.06. The second-order valence-electron chi connectivity index (χ2n) is 5.48. The lowest BCUT2D eigenvalue weighted by Crippen LogP contribution is -2.29. The van der Waals surface area contributed by atoms with Crippen molar-refractivity contribution in [2.75, 3.05) is 26.7 Å². The number of rotatable bonds is 2. The fourth-order valence-corrected chi connectivity index (χ4v) is 2.27. The molecule has 0 bridgehead atoms. The quantitative estimate of drug-likeness (QED) is 0.592. The first-order valence-electron chi connectivity index (χ1n) is 11.2. The van der Waals surface area contributed by atoms with E-state index in [1.807, 2.05) is 103 Å². The van der Waals surface area contributed by atoms with E-state index in [2.05, 4.69) is 36.2 Å². The zero-order chi connectivity index (χ0) is 22.0. The Hall–Kier alpha value is -1.64. The van der Waals surface area contributed by atoms with Gasteiger partial charge in [-0.1, -0.05) is 121 Å². The molecule has 0 amide bonds. The van der Waals surface area contributed by atoms with Crippen molar-refractivity contribution in [3.8, 4) is 0 Å². The van der Waals surface area contributed by atoms with E-state index in [0.717, 1.165) is 6.04 Å². The lowest BCUT2D eigenvalue weighted by atomic mass is 10.2. The summed E-state index contributed by atoms with van der Waals surface area (Å²) in [5.74, 6) is 0. The van der Waals surface area contributed by atoms with Crippen molar-refractivity contribution in [2.45, 2.75) is 67.9 Å². The molecule has 2 heteroatoms. The zero-order valence-electron chi connectivity index (χ0n) is 20.2. The molecular weight excluding hydrogens is 340 g/mol. The smallest absolute Gasteiger partial charge is 0.0204 e. The Bertz CT molecular complexity index is 420. The largest absolute Gasteiger partial charge is 0.316 e. The average molecular weight is 389 g/mol. The van der Waals surface area contributed by atoms with Gasteiger partial charge in [0.2, 0.25) is 0 Å². The van der Waals surface area contributed by atoms with Crippen molar-refractivity contribution in [1.82, 2.24) is 10.2 Å². The van der Waals surface area contributed by atoms with Crippen molar-refractivity contribution in [1.29, 1.82) is 0 Å². The molecule has 1 N–H and O–H groups in total. The molecule has 2 aromatic rings. The van der Waals surface area contributed by atoms with E-state index in [-0.39, 0.29) is 0 Å². The summed E-state index contributed by atoms with van der Waals surface area (Å²) in [6.07, 6.45) is 1.32. The summed E-state index contributed by atoms with van der Waals surface area (Å²) in [6.45, 7) is 20.0. The fraction of sp³-hybridized carbons (Fsp3) is 0.538. The van der Waals surface area contributed by atoms with E-state index >= 15 is 0 Å². The number of likely N-dealkylation sites (tertiary alicyclic amines) is 1. The van der Waals surface area contributed by atoms with Crippen LogP contribution >= 0.6 is 0 Å². The van der Waals surface area contributed by atoms with Crippen LogP contribution < -0.4 is 5.32 Å². The number of nitrogens with one attached hydrogen (secondary N) is 1. The number of aryl methyl sites for hydroxylation is 1. The third-order valence-corrected chi connectivity index (χ3v) is 3.73. The van der Waals surface area contributed by atoms with Crippen LogP contribution in [0.3, 0.4) is 0 Å². The van der Waals surface area contributed by atoms with Gasteiger partial charge in [-0.3, -0.25) is 0 Å². The van der Waals surface area contributed by atoms with Gasteiger partial charge in [0.05, 0.1) is 0 Å². The second kappa shape index (κ2) is 27.6. The van der Waals surface area contributed by atoms with Crippen molar-refractivity contribution in [3.05, 3.63) is 72.3 Å². The molecule has 162 valence electrons. The van der Waals surface area contributed by atoms with Gasteiger partial charge in [0, 0.05) is 12.6 Å². The van der Waals surface area contributed by atoms with E-state index in [1.54, 1.807) is 0 Å².